The van der Waals surface area contributed by atoms with Crippen molar-refractivity contribution in [1.29, 1.82) is 0 Å². The van der Waals surface area contributed by atoms with Gasteiger partial charge in [-0.15, -0.1) is 0 Å². The van der Waals surface area contributed by atoms with E-state index in [2.05, 4.69) is 22.1 Å². The van der Waals surface area contributed by atoms with Crippen LogP contribution in [0.15, 0.2) is 49.1 Å². The van der Waals surface area contributed by atoms with Crippen LogP contribution in [0.2, 0.25) is 0 Å². The third-order valence-electron chi connectivity index (χ3n) is 2.67. The van der Waals surface area contributed by atoms with Crippen molar-refractivity contribution in [2.45, 2.75) is 6.92 Å². The zero-order chi connectivity index (χ0) is 11.0. The van der Waals surface area contributed by atoms with Gasteiger partial charge in [-0.05, 0) is 19.1 Å². The highest BCUT2D eigenvalue weighted by Crippen LogP contribution is 2.19. The van der Waals surface area contributed by atoms with E-state index in [1.165, 1.54) is 0 Å². The van der Waals surface area contributed by atoms with Crippen LogP contribution in [0.1, 0.15) is 5.69 Å². The average Bonchev–Trinajstić information content (AvgIpc) is 2.81. The molecule has 3 nitrogen and oxygen atoms in total. The van der Waals surface area contributed by atoms with Gasteiger partial charge >= 0.3 is 0 Å². The smallest absolute Gasteiger partial charge is 0.0992 e. The number of para-hydroxylation sites is 1. The SMILES string of the molecule is Cc1nc2ccccc2cc1-n1ccnc1. The second-order valence-corrected chi connectivity index (χ2v) is 3.76. The minimum Gasteiger partial charge on any atom is -0.304 e. The van der Waals surface area contributed by atoms with Crippen molar-refractivity contribution in [3.63, 3.8) is 0 Å². The predicted molar refractivity (Wildman–Crippen MR) is 63.6 cm³/mol. The Kier molecular flexibility index (Phi) is 1.96. The van der Waals surface area contributed by atoms with Gasteiger partial charge in [-0.1, -0.05) is 18.2 Å². The molecule has 3 rings (SSSR count). The van der Waals surface area contributed by atoms with Crippen LogP contribution in [-0.4, -0.2) is 14.5 Å². The summed E-state index contributed by atoms with van der Waals surface area (Å²) in [6, 6.07) is 10.3. The van der Waals surface area contributed by atoms with E-state index < -0.39 is 0 Å². The Balaban J connectivity index is 2.30. The molecule has 0 aliphatic heterocycles. The Hall–Kier alpha value is -2.16. The topological polar surface area (TPSA) is 30.7 Å². The Morgan fingerprint density at radius 1 is 1.19 bits per heavy atom. The van der Waals surface area contributed by atoms with Crippen LogP contribution in [-0.2, 0) is 0 Å². The van der Waals surface area contributed by atoms with Crippen LogP contribution >= 0.6 is 0 Å². The summed E-state index contributed by atoms with van der Waals surface area (Å²) in [6.45, 7) is 2.02. The molecular weight excluding hydrogens is 198 g/mol. The third kappa shape index (κ3) is 1.37. The molecule has 3 heteroatoms. The van der Waals surface area contributed by atoms with Crippen molar-refractivity contribution < 1.29 is 0 Å². The molecular formula is C13H11N3. The van der Waals surface area contributed by atoms with Gasteiger partial charge in [0.25, 0.3) is 0 Å². The van der Waals surface area contributed by atoms with E-state index in [0.29, 0.717) is 0 Å². The van der Waals surface area contributed by atoms with Gasteiger partial charge in [0.05, 0.1) is 23.2 Å². The van der Waals surface area contributed by atoms with E-state index >= 15 is 0 Å². The first kappa shape index (κ1) is 9.09. The van der Waals surface area contributed by atoms with Crippen molar-refractivity contribution in [3.05, 3.63) is 54.7 Å². The minimum absolute atomic E-state index is 1.01. The number of imidazole rings is 1. The number of hydrogen-bond donors (Lipinski definition) is 0. The van der Waals surface area contributed by atoms with E-state index in [9.17, 15) is 0 Å². The van der Waals surface area contributed by atoms with Gasteiger partial charge in [0.15, 0.2) is 0 Å². The summed E-state index contributed by atoms with van der Waals surface area (Å²) in [5.41, 5.74) is 3.12. The monoisotopic (exact) mass is 209 g/mol. The molecule has 0 saturated heterocycles. The molecule has 1 aromatic carbocycles. The molecule has 2 aromatic heterocycles. The molecule has 2 heterocycles. The molecule has 0 aliphatic rings. The van der Waals surface area contributed by atoms with Gasteiger partial charge in [0.2, 0.25) is 0 Å². The quantitative estimate of drug-likeness (QED) is 0.617. The minimum atomic E-state index is 1.01. The number of rotatable bonds is 1. The lowest BCUT2D eigenvalue weighted by Gasteiger charge is -2.07. The van der Waals surface area contributed by atoms with Crippen LogP contribution in [0.25, 0.3) is 16.6 Å². The van der Waals surface area contributed by atoms with E-state index in [-0.39, 0.29) is 0 Å². The molecule has 0 N–H and O–H groups in total. The number of benzene rings is 1. The number of aryl methyl sites for hydroxylation is 1. The first-order chi connectivity index (χ1) is 7.84. The molecule has 0 fully saturated rings. The summed E-state index contributed by atoms with van der Waals surface area (Å²) in [4.78, 5) is 8.64. The lowest BCUT2D eigenvalue weighted by Crippen LogP contribution is -1.96. The van der Waals surface area contributed by atoms with E-state index in [1.807, 2.05) is 35.9 Å². The highest BCUT2D eigenvalue weighted by Gasteiger charge is 2.03. The molecule has 0 amide bonds. The van der Waals surface area contributed by atoms with E-state index in [1.54, 1.807) is 12.5 Å². The van der Waals surface area contributed by atoms with Crippen molar-refractivity contribution >= 4 is 10.9 Å². The van der Waals surface area contributed by atoms with Crippen LogP contribution in [0.4, 0.5) is 0 Å². The standard InChI is InChI=1S/C13H11N3/c1-10-13(16-7-6-14-9-16)8-11-4-2-3-5-12(11)15-10/h2-9H,1H3. The van der Waals surface area contributed by atoms with Crippen LogP contribution < -0.4 is 0 Å². The molecule has 16 heavy (non-hydrogen) atoms. The van der Waals surface area contributed by atoms with Gasteiger partial charge in [0.1, 0.15) is 0 Å². The van der Waals surface area contributed by atoms with Crippen LogP contribution in [0, 0.1) is 6.92 Å². The van der Waals surface area contributed by atoms with E-state index in [0.717, 1.165) is 22.3 Å². The lowest BCUT2D eigenvalue weighted by atomic mass is 10.2. The van der Waals surface area contributed by atoms with Crippen molar-refractivity contribution in [2.24, 2.45) is 0 Å². The Bertz CT molecular complexity index is 627. The number of hydrogen-bond acceptors (Lipinski definition) is 2. The molecule has 0 radical (unpaired) electrons. The van der Waals surface area contributed by atoms with Crippen molar-refractivity contribution in [3.8, 4) is 5.69 Å². The highest BCUT2D eigenvalue weighted by molar-refractivity contribution is 5.80. The molecule has 0 atom stereocenters. The van der Waals surface area contributed by atoms with Crippen LogP contribution in [0.5, 0.6) is 0 Å². The lowest BCUT2D eigenvalue weighted by molar-refractivity contribution is 1.02. The zero-order valence-corrected chi connectivity index (χ0v) is 8.96. The third-order valence-corrected chi connectivity index (χ3v) is 2.67. The maximum Gasteiger partial charge on any atom is 0.0992 e. The fourth-order valence-electron chi connectivity index (χ4n) is 1.86. The van der Waals surface area contributed by atoms with Gasteiger partial charge in [-0.3, -0.25) is 4.98 Å². The van der Waals surface area contributed by atoms with Crippen LogP contribution in [0.3, 0.4) is 0 Å². The number of nitrogens with zero attached hydrogens (tertiary/aromatic N) is 3. The van der Waals surface area contributed by atoms with Crippen molar-refractivity contribution in [2.75, 3.05) is 0 Å². The summed E-state index contributed by atoms with van der Waals surface area (Å²) in [5, 5.41) is 1.15. The van der Waals surface area contributed by atoms with E-state index in [4.69, 9.17) is 0 Å². The predicted octanol–water partition coefficient (Wildman–Crippen LogP) is 2.73. The summed E-state index contributed by atoms with van der Waals surface area (Å²) in [7, 11) is 0. The molecule has 0 spiro atoms. The molecule has 0 unspecified atom stereocenters. The second kappa shape index (κ2) is 3.45. The maximum atomic E-state index is 4.58. The molecule has 78 valence electrons. The van der Waals surface area contributed by atoms with Gasteiger partial charge in [-0.25, -0.2) is 4.98 Å². The van der Waals surface area contributed by atoms with Gasteiger partial charge in [0, 0.05) is 17.8 Å². The van der Waals surface area contributed by atoms with Gasteiger partial charge < -0.3 is 4.57 Å². The largest absolute Gasteiger partial charge is 0.304 e. The summed E-state index contributed by atoms with van der Waals surface area (Å²) in [6.07, 6.45) is 5.49. The molecule has 0 aliphatic carbocycles. The average molecular weight is 209 g/mol. The van der Waals surface area contributed by atoms with Gasteiger partial charge in [-0.2, -0.15) is 0 Å². The highest BCUT2D eigenvalue weighted by atomic mass is 15.0. The Morgan fingerprint density at radius 2 is 2.06 bits per heavy atom. The Morgan fingerprint density at radius 3 is 2.88 bits per heavy atom. The summed E-state index contributed by atoms with van der Waals surface area (Å²) in [5.74, 6) is 0. The number of aromatic nitrogens is 3. The Labute approximate surface area is 93.4 Å². The first-order valence-electron chi connectivity index (χ1n) is 5.19. The van der Waals surface area contributed by atoms with Crippen molar-refractivity contribution in [1.82, 2.24) is 14.5 Å². The molecule has 3 aromatic rings. The normalized spacial score (nSPS) is 10.8. The fraction of sp³-hybridized carbons (Fsp3) is 0.0769. The fourth-order valence-corrected chi connectivity index (χ4v) is 1.86. The second-order valence-electron chi connectivity index (χ2n) is 3.76. The zero-order valence-electron chi connectivity index (χ0n) is 8.96. The maximum absolute atomic E-state index is 4.58. The summed E-state index contributed by atoms with van der Waals surface area (Å²) < 4.78 is 1.98. The number of pyridine rings is 1. The molecule has 0 saturated carbocycles. The first-order valence-corrected chi connectivity index (χ1v) is 5.19. The number of fused-ring (bicyclic) bond motifs is 1. The summed E-state index contributed by atoms with van der Waals surface area (Å²) >= 11 is 0. The molecule has 0 bridgehead atoms.